The maximum absolute atomic E-state index is 14.2. The number of carbonyl (C=O) groups is 1. The minimum absolute atomic E-state index is 0.00316. The van der Waals surface area contributed by atoms with E-state index >= 15 is 0 Å². The lowest BCUT2D eigenvalue weighted by Gasteiger charge is -2.49. The first-order valence-corrected chi connectivity index (χ1v) is 12.5. The van der Waals surface area contributed by atoms with E-state index in [-0.39, 0.29) is 35.2 Å². The summed E-state index contributed by atoms with van der Waals surface area (Å²) in [6.07, 6.45) is -5.65. The maximum atomic E-state index is 14.2. The number of hydrogen-bond donors (Lipinski definition) is 1. The summed E-state index contributed by atoms with van der Waals surface area (Å²) in [5.74, 6) is -1.39. The number of rotatable bonds is 7. The van der Waals surface area contributed by atoms with E-state index in [1.165, 1.54) is 17.0 Å². The fourth-order valence-corrected chi connectivity index (χ4v) is 5.27. The van der Waals surface area contributed by atoms with Crippen LogP contribution in [0.3, 0.4) is 0 Å². The van der Waals surface area contributed by atoms with Crippen molar-refractivity contribution in [2.45, 2.75) is 23.4 Å². The van der Waals surface area contributed by atoms with Crippen molar-refractivity contribution >= 4 is 27.7 Å². The molecule has 0 unspecified atom stereocenters. The lowest BCUT2D eigenvalue weighted by atomic mass is 9.83. The van der Waals surface area contributed by atoms with Gasteiger partial charge in [0.2, 0.25) is 10.0 Å². The number of halogens is 5. The predicted molar refractivity (Wildman–Crippen MR) is 125 cm³/mol. The second-order valence-electron chi connectivity index (χ2n) is 8.23. The SMILES string of the molecule is O=C(OCc1ccccc1)N1CC(NS(=O)(=O)c2ccc(OC(F)(F)F)cc2)(c2ccc(Cl)c(F)c2)C1. The molecule has 13 heteroatoms. The number of alkyl halides is 3. The first kappa shape index (κ1) is 26.7. The number of sulfonamides is 1. The number of benzene rings is 3. The van der Waals surface area contributed by atoms with Crippen molar-refractivity contribution in [3.05, 3.63) is 94.8 Å². The predicted octanol–water partition coefficient (Wildman–Crippen LogP) is 5.20. The van der Waals surface area contributed by atoms with Crippen LogP contribution in [0, 0.1) is 5.82 Å². The van der Waals surface area contributed by atoms with E-state index in [1.54, 1.807) is 24.3 Å². The molecule has 1 fully saturated rings. The van der Waals surface area contributed by atoms with Gasteiger partial charge in [0, 0.05) is 13.1 Å². The maximum Gasteiger partial charge on any atom is 0.573 e. The fourth-order valence-electron chi connectivity index (χ4n) is 3.78. The minimum atomic E-state index is -4.94. The van der Waals surface area contributed by atoms with Crippen LogP contribution in [0.4, 0.5) is 22.4 Å². The molecule has 0 saturated carbocycles. The van der Waals surface area contributed by atoms with Crippen LogP contribution in [-0.4, -0.2) is 38.9 Å². The molecule has 1 N–H and O–H groups in total. The zero-order chi connectivity index (χ0) is 26.8. The molecule has 0 aliphatic carbocycles. The molecule has 0 atom stereocenters. The van der Waals surface area contributed by atoms with Crippen molar-refractivity contribution in [3.63, 3.8) is 0 Å². The van der Waals surface area contributed by atoms with Crippen molar-refractivity contribution in [3.8, 4) is 5.75 Å². The Bertz CT molecular complexity index is 1380. The summed E-state index contributed by atoms with van der Waals surface area (Å²) >= 11 is 5.77. The molecule has 37 heavy (non-hydrogen) atoms. The summed E-state index contributed by atoms with van der Waals surface area (Å²) in [6, 6.07) is 16.2. The zero-order valence-electron chi connectivity index (χ0n) is 18.8. The number of carbonyl (C=O) groups excluding carboxylic acids is 1. The highest BCUT2D eigenvalue weighted by Gasteiger charge is 2.50. The molecule has 1 saturated heterocycles. The summed E-state index contributed by atoms with van der Waals surface area (Å²) in [7, 11) is -4.34. The summed E-state index contributed by atoms with van der Waals surface area (Å²) in [5.41, 5.74) is -0.500. The average molecular weight is 559 g/mol. The molecule has 0 aromatic heterocycles. The van der Waals surface area contributed by atoms with E-state index in [2.05, 4.69) is 9.46 Å². The van der Waals surface area contributed by atoms with Gasteiger partial charge in [-0.2, -0.15) is 4.72 Å². The normalized spacial score (nSPS) is 15.1. The lowest BCUT2D eigenvalue weighted by molar-refractivity contribution is -0.274. The van der Waals surface area contributed by atoms with Gasteiger partial charge in [0.15, 0.2) is 0 Å². The molecule has 1 heterocycles. The second-order valence-corrected chi connectivity index (χ2v) is 10.3. The van der Waals surface area contributed by atoms with Crippen LogP contribution in [0.5, 0.6) is 5.75 Å². The van der Waals surface area contributed by atoms with Gasteiger partial charge in [-0.3, -0.25) is 0 Å². The molecular weight excluding hydrogens is 540 g/mol. The summed E-state index contributed by atoms with van der Waals surface area (Å²) in [6.45, 7) is -0.400. The van der Waals surface area contributed by atoms with Crippen LogP contribution in [0.1, 0.15) is 11.1 Å². The molecule has 0 spiro atoms. The van der Waals surface area contributed by atoms with Crippen molar-refractivity contribution < 1.29 is 40.2 Å². The van der Waals surface area contributed by atoms with Crippen molar-refractivity contribution in [2.24, 2.45) is 0 Å². The molecule has 4 rings (SSSR count). The number of nitrogens with one attached hydrogen (secondary N) is 1. The molecule has 3 aromatic carbocycles. The summed E-state index contributed by atoms with van der Waals surface area (Å²) < 4.78 is 89.3. The fraction of sp³-hybridized carbons (Fsp3) is 0.208. The lowest BCUT2D eigenvalue weighted by Crippen LogP contribution is -2.68. The third kappa shape index (κ3) is 6.32. The molecule has 196 valence electrons. The van der Waals surface area contributed by atoms with Gasteiger partial charge in [0.05, 0.1) is 15.5 Å². The number of ether oxygens (including phenoxy) is 2. The van der Waals surface area contributed by atoms with Crippen LogP contribution >= 0.6 is 11.6 Å². The highest BCUT2D eigenvalue weighted by Crippen LogP contribution is 2.36. The minimum Gasteiger partial charge on any atom is -0.445 e. The Labute approximate surface area is 214 Å². The Balaban J connectivity index is 1.54. The molecular formula is C24H19ClF4N2O5S. The summed E-state index contributed by atoms with van der Waals surface area (Å²) in [5, 5.41) is -0.180. The molecule has 1 amide bonds. The third-order valence-electron chi connectivity index (χ3n) is 5.55. The molecule has 0 bridgehead atoms. The molecule has 1 aliphatic heterocycles. The number of amides is 1. The van der Waals surface area contributed by atoms with Gasteiger partial charge in [-0.1, -0.05) is 48.0 Å². The van der Waals surface area contributed by atoms with E-state index in [9.17, 15) is 30.8 Å². The number of likely N-dealkylation sites (tertiary alicyclic amines) is 1. The Kier molecular flexibility index (Phi) is 7.36. The van der Waals surface area contributed by atoms with Gasteiger partial charge in [-0.05, 0) is 47.5 Å². The molecule has 1 aliphatic rings. The zero-order valence-corrected chi connectivity index (χ0v) is 20.4. The van der Waals surface area contributed by atoms with E-state index in [0.29, 0.717) is 0 Å². The quantitative estimate of drug-likeness (QED) is 0.403. The third-order valence-corrected chi connectivity index (χ3v) is 7.41. The molecule has 7 nitrogen and oxygen atoms in total. The van der Waals surface area contributed by atoms with Gasteiger partial charge < -0.3 is 14.4 Å². The average Bonchev–Trinajstić information content (AvgIpc) is 2.81. The highest BCUT2D eigenvalue weighted by atomic mass is 35.5. The Hall–Kier alpha value is -3.35. The monoisotopic (exact) mass is 558 g/mol. The van der Waals surface area contributed by atoms with Gasteiger partial charge in [0.1, 0.15) is 18.2 Å². The topological polar surface area (TPSA) is 84.9 Å². The summed E-state index contributed by atoms with van der Waals surface area (Å²) in [4.78, 5) is 13.4. The second kappa shape index (κ2) is 10.2. The Morgan fingerprint density at radius 3 is 2.27 bits per heavy atom. The van der Waals surface area contributed by atoms with Crippen LogP contribution < -0.4 is 9.46 Å². The van der Waals surface area contributed by atoms with E-state index in [0.717, 1.165) is 35.9 Å². The van der Waals surface area contributed by atoms with Crippen molar-refractivity contribution in [2.75, 3.05) is 13.1 Å². The van der Waals surface area contributed by atoms with Crippen LogP contribution in [-0.2, 0) is 26.9 Å². The van der Waals surface area contributed by atoms with Crippen LogP contribution in [0.25, 0.3) is 0 Å². The smallest absolute Gasteiger partial charge is 0.445 e. The highest BCUT2D eigenvalue weighted by molar-refractivity contribution is 7.89. The number of nitrogens with zero attached hydrogens (tertiary/aromatic N) is 1. The molecule has 0 radical (unpaired) electrons. The van der Waals surface area contributed by atoms with E-state index in [4.69, 9.17) is 16.3 Å². The van der Waals surface area contributed by atoms with E-state index in [1.807, 2.05) is 6.07 Å². The number of hydrogen-bond acceptors (Lipinski definition) is 5. The Morgan fingerprint density at radius 2 is 1.68 bits per heavy atom. The Morgan fingerprint density at radius 1 is 1.03 bits per heavy atom. The van der Waals surface area contributed by atoms with Gasteiger partial charge in [-0.15, -0.1) is 13.2 Å². The first-order chi connectivity index (χ1) is 17.4. The van der Waals surface area contributed by atoms with Crippen molar-refractivity contribution in [1.82, 2.24) is 9.62 Å². The molecule has 3 aromatic rings. The van der Waals surface area contributed by atoms with Crippen LogP contribution in [0.15, 0.2) is 77.7 Å². The largest absolute Gasteiger partial charge is 0.573 e. The van der Waals surface area contributed by atoms with Gasteiger partial charge in [-0.25, -0.2) is 17.6 Å². The standard InChI is InChI=1S/C24H19ClF4N2O5S/c25-20-11-6-17(12-21(20)26)23(14-31(15-23)22(32)35-13-16-4-2-1-3-5-16)30-37(33,34)19-9-7-18(8-10-19)36-24(27,28)29/h1-12,30H,13-15H2. The van der Waals surface area contributed by atoms with Gasteiger partial charge >= 0.3 is 12.5 Å². The van der Waals surface area contributed by atoms with E-state index < -0.39 is 39.6 Å². The van der Waals surface area contributed by atoms with Gasteiger partial charge in [0.25, 0.3) is 0 Å². The van der Waals surface area contributed by atoms with Crippen molar-refractivity contribution in [1.29, 1.82) is 0 Å². The first-order valence-electron chi connectivity index (χ1n) is 10.7. The van der Waals surface area contributed by atoms with Crippen LogP contribution in [0.2, 0.25) is 5.02 Å².